The lowest BCUT2D eigenvalue weighted by Gasteiger charge is -2.34. The van der Waals surface area contributed by atoms with Crippen LogP contribution in [0.1, 0.15) is 5.56 Å². The van der Waals surface area contributed by atoms with E-state index < -0.39 is 10.0 Å². The average Bonchev–Trinajstić information content (AvgIpc) is 2.63. The summed E-state index contributed by atoms with van der Waals surface area (Å²) >= 11 is 3.34. The highest BCUT2D eigenvalue weighted by Gasteiger charge is 2.28. The molecule has 0 saturated carbocycles. The first kappa shape index (κ1) is 18.4. The summed E-state index contributed by atoms with van der Waals surface area (Å²) in [5.74, 6) is 0.841. The molecule has 0 atom stereocenters. The molecule has 2 aromatic rings. The Morgan fingerprint density at radius 3 is 2.32 bits per heavy atom. The van der Waals surface area contributed by atoms with E-state index in [4.69, 9.17) is 4.74 Å². The van der Waals surface area contributed by atoms with Crippen molar-refractivity contribution in [2.75, 3.05) is 33.3 Å². The van der Waals surface area contributed by atoms with Crippen LogP contribution >= 0.6 is 15.9 Å². The molecule has 0 spiro atoms. The van der Waals surface area contributed by atoms with Gasteiger partial charge in [-0.25, -0.2) is 8.42 Å². The quantitative estimate of drug-likeness (QED) is 0.739. The number of sulfonamides is 1. The first-order chi connectivity index (χ1) is 12.0. The topological polar surface area (TPSA) is 49.9 Å². The van der Waals surface area contributed by atoms with E-state index in [0.29, 0.717) is 18.0 Å². The van der Waals surface area contributed by atoms with Gasteiger partial charge in [0.25, 0.3) is 0 Å². The van der Waals surface area contributed by atoms with E-state index in [0.717, 1.165) is 29.9 Å². The van der Waals surface area contributed by atoms with Gasteiger partial charge in [-0.15, -0.1) is 0 Å². The second kappa shape index (κ2) is 7.86. The van der Waals surface area contributed by atoms with E-state index in [9.17, 15) is 8.42 Å². The van der Waals surface area contributed by atoms with Crippen LogP contribution in [-0.2, 0) is 16.6 Å². The van der Waals surface area contributed by atoms with Crippen molar-refractivity contribution >= 4 is 26.0 Å². The normalized spacial score (nSPS) is 16.7. The summed E-state index contributed by atoms with van der Waals surface area (Å²) in [7, 11) is -1.78. The smallest absolute Gasteiger partial charge is 0.243 e. The molecule has 1 aliphatic rings. The third-order valence-electron chi connectivity index (χ3n) is 4.33. The number of rotatable bonds is 5. The third kappa shape index (κ3) is 4.41. The summed E-state index contributed by atoms with van der Waals surface area (Å²) in [4.78, 5) is 2.61. The van der Waals surface area contributed by atoms with Crippen molar-refractivity contribution in [2.45, 2.75) is 11.4 Å². The molecule has 0 radical (unpaired) electrons. The highest BCUT2D eigenvalue weighted by Crippen LogP contribution is 2.22. The Balaban J connectivity index is 1.61. The molecule has 0 unspecified atom stereocenters. The molecule has 134 valence electrons. The number of methoxy groups -OCH3 is 1. The molecule has 1 saturated heterocycles. The van der Waals surface area contributed by atoms with Gasteiger partial charge in [0, 0.05) is 37.2 Å². The highest BCUT2D eigenvalue weighted by molar-refractivity contribution is 9.10. The number of hydrogen-bond donors (Lipinski definition) is 0. The fourth-order valence-corrected chi connectivity index (χ4v) is 4.91. The Bertz CT molecular complexity index is 816. The van der Waals surface area contributed by atoms with E-state index in [1.807, 2.05) is 30.3 Å². The van der Waals surface area contributed by atoms with Crippen LogP contribution in [0.25, 0.3) is 0 Å². The minimum Gasteiger partial charge on any atom is -0.497 e. The first-order valence-corrected chi connectivity index (χ1v) is 10.3. The number of hydrogen-bond acceptors (Lipinski definition) is 4. The van der Waals surface area contributed by atoms with Crippen LogP contribution in [0.15, 0.2) is 57.9 Å². The van der Waals surface area contributed by atoms with Crippen molar-refractivity contribution in [1.82, 2.24) is 9.21 Å². The molecule has 0 bridgehead atoms. The van der Waals surface area contributed by atoms with Gasteiger partial charge in [-0.05, 0) is 35.9 Å². The molecule has 7 heteroatoms. The fourth-order valence-electron chi connectivity index (χ4n) is 2.89. The Morgan fingerprint density at radius 2 is 1.72 bits per heavy atom. The SMILES string of the molecule is COc1ccc(CN2CCN(S(=O)(=O)c3cccc(Br)c3)CC2)cc1. The average molecular weight is 425 g/mol. The molecule has 25 heavy (non-hydrogen) atoms. The predicted molar refractivity (Wildman–Crippen MR) is 101 cm³/mol. The van der Waals surface area contributed by atoms with Crippen LogP contribution in [0.5, 0.6) is 5.75 Å². The van der Waals surface area contributed by atoms with Crippen molar-refractivity contribution < 1.29 is 13.2 Å². The first-order valence-electron chi connectivity index (χ1n) is 8.10. The van der Waals surface area contributed by atoms with E-state index in [-0.39, 0.29) is 0 Å². The van der Waals surface area contributed by atoms with Gasteiger partial charge in [0.05, 0.1) is 12.0 Å². The van der Waals surface area contributed by atoms with Gasteiger partial charge in [0.2, 0.25) is 10.0 Å². The van der Waals surface area contributed by atoms with Crippen molar-refractivity contribution in [2.24, 2.45) is 0 Å². The highest BCUT2D eigenvalue weighted by atomic mass is 79.9. The monoisotopic (exact) mass is 424 g/mol. The molecule has 3 rings (SSSR count). The minimum absolute atomic E-state index is 0.338. The molecule has 1 heterocycles. The standard InChI is InChI=1S/C18H21BrN2O3S/c1-24-17-7-5-15(6-8-17)14-20-9-11-21(12-10-20)25(22,23)18-4-2-3-16(19)13-18/h2-8,13H,9-12,14H2,1H3. The zero-order chi connectivity index (χ0) is 17.9. The van der Waals surface area contributed by atoms with Gasteiger partial charge in [0.15, 0.2) is 0 Å². The minimum atomic E-state index is -3.43. The van der Waals surface area contributed by atoms with Gasteiger partial charge in [-0.1, -0.05) is 34.1 Å². The summed E-state index contributed by atoms with van der Waals surface area (Å²) in [6, 6.07) is 14.9. The van der Waals surface area contributed by atoms with Crippen molar-refractivity contribution in [1.29, 1.82) is 0 Å². The molecular weight excluding hydrogens is 404 g/mol. The Labute approximate surface area is 157 Å². The number of piperazine rings is 1. The number of ether oxygens (including phenoxy) is 1. The summed E-state index contributed by atoms with van der Waals surface area (Å²) in [6.07, 6.45) is 0. The van der Waals surface area contributed by atoms with Crippen LogP contribution in [0.4, 0.5) is 0 Å². The van der Waals surface area contributed by atoms with Gasteiger partial charge >= 0.3 is 0 Å². The van der Waals surface area contributed by atoms with Gasteiger partial charge < -0.3 is 4.74 Å². The van der Waals surface area contributed by atoms with Gasteiger partial charge in [-0.3, -0.25) is 4.90 Å². The van der Waals surface area contributed by atoms with Crippen LogP contribution in [0.3, 0.4) is 0 Å². The maximum atomic E-state index is 12.7. The zero-order valence-electron chi connectivity index (χ0n) is 14.1. The van der Waals surface area contributed by atoms with E-state index in [1.165, 1.54) is 5.56 Å². The second-order valence-corrected chi connectivity index (χ2v) is 8.84. The molecule has 5 nitrogen and oxygen atoms in total. The molecule has 0 aliphatic carbocycles. The maximum Gasteiger partial charge on any atom is 0.243 e. The lowest BCUT2D eigenvalue weighted by atomic mass is 10.2. The third-order valence-corrected chi connectivity index (χ3v) is 6.72. The van der Waals surface area contributed by atoms with Crippen LogP contribution in [0.2, 0.25) is 0 Å². The second-order valence-electron chi connectivity index (χ2n) is 5.99. The van der Waals surface area contributed by atoms with E-state index in [1.54, 1.807) is 29.6 Å². The summed E-state index contributed by atoms with van der Waals surface area (Å²) in [6.45, 7) is 3.27. The molecule has 1 fully saturated rings. The Kier molecular flexibility index (Phi) is 5.78. The maximum absolute atomic E-state index is 12.7. The van der Waals surface area contributed by atoms with Crippen LogP contribution in [0, 0.1) is 0 Å². The summed E-state index contributed by atoms with van der Waals surface area (Å²) in [5.41, 5.74) is 1.20. The van der Waals surface area contributed by atoms with E-state index in [2.05, 4.69) is 20.8 Å². The lowest BCUT2D eigenvalue weighted by molar-refractivity contribution is 0.181. The van der Waals surface area contributed by atoms with Crippen LogP contribution < -0.4 is 4.74 Å². The lowest BCUT2D eigenvalue weighted by Crippen LogP contribution is -2.48. The van der Waals surface area contributed by atoms with Gasteiger partial charge in [0.1, 0.15) is 5.75 Å². The van der Waals surface area contributed by atoms with Crippen molar-refractivity contribution in [3.63, 3.8) is 0 Å². The van der Waals surface area contributed by atoms with Crippen LogP contribution in [-0.4, -0.2) is 50.9 Å². The predicted octanol–water partition coefficient (Wildman–Crippen LogP) is 2.96. The number of benzene rings is 2. The molecule has 0 aromatic heterocycles. The largest absolute Gasteiger partial charge is 0.497 e. The van der Waals surface area contributed by atoms with Crippen molar-refractivity contribution in [3.8, 4) is 5.75 Å². The summed E-state index contributed by atoms with van der Waals surface area (Å²) < 4.78 is 33.0. The summed E-state index contributed by atoms with van der Waals surface area (Å²) in [5, 5.41) is 0. The number of nitrogens with zero attached hydrogens (tertiary/aromatic N) is 2. The van der Waals surface area contributed by atoms with Gasteiger partial charge in [-0.2, -0.15) is 4.31 Å². The Hall–Kier alpha value is -1.41. The molecule has 1 aliphatic heterocycles. The van der Waals surface area contributed by atoms with Crippen molar-refractivity contribution in [3.05, 3.63) is 58.6 Å². The number of halogens is 1. The Morgan fingerprint density at radius 1 is 1.04 bits per heavy atom. The molecule has 2 aromatic carbocycles. The molecule has 0 amide bonds. The fraction of sp³-hybridized carbons (Fsp3) is 0.333. The molecular formula is C18H21BrN2O3S. The molecule has 0 N–H and O–H groups in total. The zero-order valence-corrected chi connectivity index (χ0v) is 16.5. The van der Waals surface area contributed by atoms with E-state index >= 15 is 0 Å².